The highest BCUT2D eigenvalue weighted by Gasteiger charge is 2.34. The van der Waals surface area contributed by atoms with Crippen LogP contribution in [0.2, 0.25) is 5.02 Å². The van der Waals surface area contributed by atoms with Gasteiger partial charge in [0.25, 0.3) is 5.56 Å². The molecule has 0 saturated carbocycles. The van der Waals surface area contributed by atoms with Crippen molar-refractivity contribution in [2.45, 2.75) is 38.1 Å². The van der Waals surface area contributed by atoms with Crippen molar-refractivity contribution in [3.8, 4) is 22.8 Å². The molecule has 3 N–H and O–H groups in total. The third-order valence-corrected chi connectivity index (χ3v) is 7.81. The summed E-state index contributed by atoms with van der Waals surface area (Å²) in [6.45, 7) is 2.79. The Morgan fingerprint density at radius 3 is 2.53 bits per heavy atom. The summed E-state index contributed by atoms with van der Waals surface area (Å²) in [4.78, 5) is 20.2. The fourth-order valence-electron chi connectivity index (χ4n) is 5.25. The number of halogens is 1. The number of hydrogen-bond acceptors (Lipinski definition) is 8. The normalized spacial score (nSPS) is 16.8. The Kier molecular flexibility index (Phi) is 6.35. The lowest BCUT2D eigenvalue weighted by Gasteiger charge is -2.38. The van der Waals surface area contributed by atoms with E-state index in [2.05, 4.69) is 15.0 Å². The molecule has 4 aromatic rings. The van der Waals surface area contributed by atoms with Crippen molar-refractivity contribution in [3.63, 3.8) is 0 Å². The van der Waals surface area contributed by atoms with Crippen LogP contribution in [0.3, 0.4) is 0 Å². The zero-order chi connectivity index (χ0) is 26.4. The summed E-state index contributed by atoms with van der Waals surface area (Å²) in [5.74, 6) is 1.36. The lowest BCUT2D eigenvalue weighted by molar-refractivity contribution is -0.0364. The summed E-state index contributed by atoms with van der Waals surface area (Å²) in [6, 6.07) is 11.5. The molecule has 4 heterocycles. The van der Waals surface area contributed by atoms with Crippen LogP contribution in [0, 0.1) is 0 Å². The molecule has 0 amide bonds. The Hall–Kier alpha value is -3.44. The standard InChI is InChI=1S/C27H29ClN6O4/c1-32-25(18-4-2-17(12-29)3-5-18)23-24(31-32)26(35)34(15-30-23)14-27(36)6-8-33(9-7-27)13-19-10-21-22(11-20(19)28)38-16-37-21/h2-5,10-11,15,36H,6-9,12-14,16,29H2,1H3. The molecular weight excluding hydrogens is 508 g/mol. The van der Waals surface area contributed by atoms with Crippen molar-refractivity contribution in [3.05, 3.63) is 69.2 Å². The average molecular weight is 537 g/mol. The number of fused-ring (bicyclic) bond motifs is 2. The maximum Gasteiger partial charge on any atom is 0.281 e. The molecule has 1 saturated heterocycles. The number of nitrogens with zero attached hydrogens (tertiary/aromatic N) is 5. The fraction of sp³-hybridized carbons (Fsp3) is 0.370. The maximum absolute atomic E-state index is 13.3. The van der Waals surface area contributed by atoms with E-state index in [4.69, 9.17) is 26.8 Å². The molecule has 2 aliphatic heterocycles. The monoisotopic (exact) mass is 536 g/mol. The quantitative estimate of drug-likeness (QED) is 0.386. The molecule has 0 aliphatic carbocycles. The van der Waals surface area contributed by atoms with Crippen molar-refractivity contribution in [2.24, 2.45) is 12.8 Å². The van der Waals surface area contributed by atoms with Crippen LogP contribution < -0.4 is 20.8 Å². The Morgan fingerprint density at radius 2 is 1.82 bits per heavy atom. The predicted octanol–water partition coefficient (Wildman–Crippen LogP) is 2.66. The molecule has 10 nitrogen and oxygen atoms in total. The van der Waals surface area contributed by atoms with Gasteiger partial charge in [0.2, 0.25) is 6.79 Å². The summed E-state index contributed by atoms with van der Waals surface area (Å²) in [5, 5.41) is 16.5. The van der Waals surface area contributed by atoms with Crippen molar-refractivity contribution in [1.82, 2.24) is 24.2 Å². The van der Waals surface area contributed by atoms with Crippen LogP contribution >= 0.6 is 11.6 Å². The van der Waals surface area contributed by atoms with E-state index in [0.717, 1.165) is 22.4 Å². The number of aromatic nitrogens is 4. The van der Waals surface area contributed by atoms with E-state index in [1.54, 1.807) is 17.8 Å². The zero-order valence-electron chi connectivity index (χ0n) is 21.1. The van der Waals surface area contributed by atoms with Gasteiger partial charge in [0, 0.05) is 49.9 Å². The summed E-state index contributed by atoms with van der Waals surface area (Å²) < 4.78 is 14.0. The number of likely N-dealkylation sites (tertiary alicyclic amines) is 1. The lowest BCUT2D eigenvalue weighted by atomic mass is 9.91. The molecule has 2 aromatic carbocycles. The van der Waals surface area contributed by atoms with Crippen LogP contribution in [0.1, 0.15) is 24.0 Å². The molecule has 11 heteroatoms. The van der Waals surface area contributed by atoms with Crippen molar-refractivity contribution < 1.29 is 14.6 Å². The molecule has 6 rings (SSSR count). The third kappa shape index (κ3) is 4.54. The number of rotatable bonds is 6. The summed E-state index contributed by atoms with van der Waals surface area (Å²) in [6.07, 6.45) is 2.54. The molecule has 0 unspecified atom stereocenters. The molecule has 0 atom stereocenters. The average Bonchev–Trinajstić information content (AvgIpc) is 3.51. The maximum atomic E-state index is 13.3. The van der Waals surface area contributed by atoms with E-state index in [1.807, 2.05) is 30.3 Å². The molecule has 1 fully saturated rings. The van der Waals surface area contributed by atoms with Gasteiger partial charge >= 0.3 is 0 Å². The highest BCUT2D eigenvalue weighted by molar-refractivity contribution is 6.31. The van der Waals surface area contributed by atoms with E-state index >= 15 is 0 Å². The van der Waals surface area contributed by atoms with Crippen LogP contribution in [-0.4, -0.2) is 54.8 Å². The number of ether oxygens (including phenoxy) is 2. The van der Waals surface area contributed by atoms with Gasteiger partial charge in [-0.1, -0.05) is 35.9 Å². The SMILES string of the molecule is Cn1nc2c(=O)n(CC3(O)CCN(Cc4cc5c(cc4Cl)OCO5)CC3)cnc2c1-c1ccc(CN)cc1. The van der Waals surface area contributed by atoms with Gasteiger partial charge in [0.15, 0.2) is 17.0 Å². The number of piperidine rings is 1. The van der Waals surface area contributed by atoms with Crippen molar-refractivity contribution in [2.75, 3.05) is 19.9 Å². The summed E-state index contributed by atoms with van der Waals surface area (Å²) in [7, 11) is 1.80. The van der Waals surface area contributed by atoms with Gasteiger partial charge < -0.3 is 20.3 Å². The van der Waals surface area contributed by atoms with Gasteiger partial charge in [-0.15, -0.1) is 0 Å². The van der Waals surface area contributed by atoms with E-state index in [9.17, 15) is 9.90 Å². The van der Waals surface area contributed by atoms with Crippen LogP contribution in [0.5, 0.6) is 11.5 Å². The number of aryl methyl sites for hydroxylation is 1. The molecule has 2 aliphatic rings. The molecule has 0 spiro atoms. The minimum Gasteiger partial charge on any atom is -0.454 e. The first-order valence-corrected chi connectivity index (χ1v) is 13.0. The minimum atomic E-state index is -1.02. The number of aliphatic hydroxyl groups is 1. The lowest BCUT2D eigenvalue weighted by Crippen LogP contribution is -2.47. The van der Waals surface area contributed by atoms with Crippen LogP contribution in [0.15, 0.2) is 47.5 Å². The van der Waals surface area contributed by atoms with Crippen LogP contribution in [0.4, 0.5) is 0 Å². The second-order valence-corrected chi connectivity index (χ2v) is 10.5. The van der Waals surface area contributed by atoms with Crippen LogP contribution in [0.25, 0.3) is 22.3 Å². The number of hydrogen-bond donors (Lipinski definition) is 2. The molecule has 198 valence electrons. The van der Waals surface area contributed by atoms with Gasteiger partial charge in [-0.25, -0.2) is 4.98 Å². The van der Waals surface area contributed by atoms with E-state index in [0.29, 0.717) is 61.1 Å². The van der Waals surface area contributed by atoms with E-state index in [1.165, 1.54) is 10.9 Å². The van der Waals surface area contributed by atoms with E-state index in [-0.39, 0.29) is 24.4 Å². The first-order valence-electron chi connectivity index (χ1n) is 12.6. The largest absolute Gasteiger partial charge is 0.454 e. The zero-order valence-corrected chi connectivity index (χ0v) is 21.8. The molecular formula is C27H29ClN6O4. The minimum absolute atomic E-state index is 0.157. The fourth-order valence-corrected chi connectivity index (χ4v) is 5.47. The Balaban J connectivity index is 1.17. The Labute approximate surface area is 224 Å². The number of nitrogens with two attached hydrogens (primary N) is 1. The highest BCUT2D eigenvalue weighted by Crippen LogP contribution is 2.37. The Bertz CT molecular complexity index is 1560. The van der Waals surface area contributed by atoms with Gasteiger partial charge in [-0.05, 0) is 30.0 Å². The van der Waals surface area contributed by atoms with Crippen molar-refractivity contribution >= 4 is 22.6 Å². The molecule has 38 heavy (non-hydrogen) atoms. The van der Waals surface area contributed by atoms with Crippen LogP contribution in [-0.2, 0) is 26.7 Å². The molecule has 0 radical (unpaired) electrons. The second kappa shape index (κ2) is 9.70. The molecule has 0 bridgehead atoms. The Morgan fingerprint density at radius 1 is 1.11 bits per heavy atom. The van der Waals surface area contributed by atoms with Gasteiger partial charge in [-0.3, -0.25) is 18.9 Å². The van der Waals surface area contributed by atoms with Gasteiger partial charge in [-0.2, -0.15) is 5.10 Å². The molecule has 2 aromatic heterocycles. The van der Waals surface area contributed by atoms with Gasteiger partial charge in [0.05, 0.1) is 24.2 Å². The second-order valence-electron chi connectivity index (χ2n) is 10.0. The topological polar surface area (TPSA) is 121 Å². The summed E-state index contributed by atoms with van der Waals surface area (Å²) >= 11 is 6.45. The van der Waals surface area contributed by atoms with Crippen molar-refractivity contribution in [1.29, 1.82) is 0 Å². The number of benzene rings is 2. The first kappa shape index (κ1) is 24.9. The highest BCUT2D eigenvalue weighted by atomic mass is 35.5. The predicted molar refractivity (Wildman–Crippen MR) is 143 cm³/mol. The third-order valence-electron chi connectivity index (χ3n) is 7.46. The van der Waals surface area contributed by atoms with E-state index < -0.39 is 5.60 Å². The van der Waals surface area contributed by atoms with Gasteiger partial charge in [0.1, 0.15) is 5.52 Å². The summed E-state index contributed by atoms with van der Waals surface area (Å²) in [5.41, 5.74) is 8.90. The smallest absolute Gasteiger partial charge is 0.281 e. The first-order chi connectivity index (χ1) is 18.3.